The van der Waals surface area contributed by atoms with Crippen LogP contribution in [0.3, 0.4) is 0 Å². The van der Waals surface area contributed by atoms with Gasteiger partial charge in [-0.15, -0.1) is 6.42 Å². The van der Waals surface area contributed by atoms with Crippen LogP contribution in [0, 0.1) is 18.2 Å². The third-order valence-electron chi connectivity index (χ3n) is 1.81. The second-order valence-corrected chi connectivity index (χ2v) is 3.22. The van der Waals surface area contributed by atoms with Crippen molar-refractivity contribution in [1.82, 2.24) is 5.32 Å². The molecule has 2 nitrogen and oxygen atoms in total. The van der Waals surface area contributed by atoms with E-state index in [0.29, 0.717) is 18.8 Å². The maximum Gasteiger partial charge on any atom is 0.123 e. The Kier molecular flexibility index (Phi) is 4.65. The number of benzene rings is 1. The molecule has 0 spiro atoms. The van der Waals surface area contributed by atoms with E-state index in [0.717, 1.165) is 0 Å². The minimum atomic E-state index is -0.263. The highest BCUT2D eigenvalue weighted by Gasteiger charge is 2.02. The Labute approximate surface area is 89.4 Å². The zero-order valence-electron chi connectivity index (χ0n) is 8.66. The van der Waals surface area contributed by atoms with Gasteiger partial charge in [0.25, 0.3) is 0 Å². The molecule has 1 unspecified atom stereocenters. The smallest absolute Gasteiger partial charge is 0.123 e. The highest BCUT2D eigenvalue weighted by molar-refractivity contribution is 5.22. The summed E-state index contributed by atoms with van der Waals surface area (Å²) in [6, 6.07) is 5.95. The summed E-state index contributed by atoms with van der Waals surface area (Å²) in [4.78, 5) is 0. The number of nitrogens with one attached hydrogen (secondary N) is 1. The van der Waals surface area contributed by atoms with E-state index in [-0.39, 0.29) is 11.9 Å². The summed E-state index contributed by atoms with van der Waals surface area (Å²) in [6.07, 6.45) is 5.09. The van der Waals surface area contributed by atoms with E-state index in [9.17, 15) is 4.39 Å². The Morgan fingerprint density at radius 3 is 2.73 bits per heavy atom. The lowest BCUT2D eigenvalue weighted by Gasteiger charge is -2.14. The van der Waals surface area contributed by atoms with Crippen molar-refractivity contribution < 1.29 is 9.13 Å². The largest absolute Gasteiger partial charge is 0.489 e. The SMILES string of the molecule is C#CCNCC(C)Oc1ccc(F)cc1. The van der Waals surface area contributed by atoms with Gasteiger partial charge in [0.1, 0.15) is 17.7 Å². The van der Waals surface area contributed by atoms with Crippen molar-refractivity contribution in [3.63, 3.8) is 0 Å². The molecule has 1 N–H and O–H groups in total. The number of hydrogen-bond donors (Lipinski definition) is 1. The first kappa shape index (κ1) is 11.5. The molecular formula is C12H14FNO. The number of halogens is 1. The monoisotopic (exact) mass is 207 g/mol. The van der Waals surface area contributed by atoms with Crippen LogP contribution in [0.15, 0.2) is 24.3 Å². The molecule has 0 fully saturated rings. The minimum absolute atomic E-state index is 0.00353. The second kappa shape index (κ2) is 6.05. The van der Waals surface area contributed by atoms with E-state index in [1.54, 1.807) is 12.1 Å². The van der Waals surface area contributed by atoms with Crippen LogP contribution >= 0.6 is 0 Å². The molecule has 15 heavy (non-hydrogen) atoms. The number of hydrogen-bond acceptors (Lipinski definition) is 2. The van der Waals surface area contributed by atoms with Crippen LogP contribution in [-0.4, -0.2) is 19.2 Å². The normalized spacial score (nSPS) is 11.8. The summed E-state index contributed by atoms with van der Waals surface area (Å²) >= 11 is 0. The van der Waals surface area contributed by atoms with Gasteiger partial charge in [0, 0.05) is 6.54 Å². The van der Waals surface area contributed by atoms with E-state index in [2.05, 4.69) is 11.2 Å². The van der Waals surface area contributed by atoms with Crippen molar-refractivity contribution in [3.05, 3.63) is 30.1 Å². The van der Waals surface area contributed by atoms with Crippen molar-refractivity contribution in [2.24, 2.45) is 0 Å². The standard InChI is InChI=1S/C12H14FNO/c1-3-8-14-9-10(2)15-12-6-4-11(13)5-7-12/h1,4-7,10,14H,8-9H2,2H3. The molecule has 0 bridgehead atoms. The zero-order valence-corrected chi connectivity index (χ0v) is 8.66. The zero-order chi connectivity index (χ0) is 11.1. The summed E-state index contributed by atoms with van der Waals surface area (Å²) in [5, 5.41) is 3.03. The van der Waals surface area contributed by atoms with Gasteiger partial charge in [-0.1, -0.05) is 5.92 Å². The van der Waals surface area contributed by atoms with Gasteiger partial charge in [0.05, 0.1) is 6.54 Å². The van der Waals surface area contributed by atoms with Gasteiger partial charge >= 0.3 is 0 Å². The van der Waals surface area contributed by atoms with Crippen LogP contribution in [0.1, 0.15) is 6.92 Å². The van der Waals surface area contributed by atoms with Crippen LogP contribution in [0.5, 0.6) is 5.75 Å². The van der Waals surface area contributed by atoms with Gasteiger partial charge in [0.15, 0.2) is 0 Å². The van der Waals surface area contributed by atoms with Gasteiger partial charge < -0.3 is 10.1 Å². The average molecular weight is 207 g/mol. The van der Waals surface area contributed by atoms with E-state index in [4.69, 9.17) is 11.2 Å². The van der Waals surface area contributed by atoms with E-state index < -0.39 is 0 Å². The van der Waals surface area contributed by atoms with E-state index in [1.165, 1.54) is 12.1 Å². The molecular weight excluding hydrogens is 193 g/mol. The van der Waals surface area contributed by atoms with E-state index in [1.807, 2.05) is 6.92 Å². The molecule has 0 aliphatic rings. The molecule has 1 aromatic rings. The topological polar surface area (TPSA) is 21.3 Å². The Morgan fingerprint density at radius 1 is 1.47 bits per heavy atom. The van der Waals surface area contributed by atoms with Gasteiger partial charge in [-0.2, -0.15) is 0 Å². The summed E-state index contributed by atoms with van der Waals surface area (Å²) in [7, 11) is 0. The molecule has 1 aromatic carbocycles. The average Bonchev–Trinajstić information content (AvgIpc) is 2.22. The number of ether oxygens (including phenoxy) is 1. The maximum atomic E-state index is 12.6. The summed E-state index contributed by atoms with van der Waals surface area (Å²) in [5.74, 6) is 2.87. The van der Waals surface area contributed by atoms with Crippen molar-refractivity contribution in [1.29, 1.82) is 0 Å². The molecule has 3 heteroatoms. The summed E-state index contributed by atoms with van der Waals surface area (Å²) in [6.45, 7) is 3.12. The van der Waals surface area contributed by atoms with Crippen LogP contribution in [0.25, 0.3) is 0 Å². The lowest BCUT2D eigenvalue weighted by atomic mass is 10.3. The Hall–Kier alpha value is -1.53. The highest BCUT2D eigenvalue weighted by atomic mass is 19.1. The fourth-order valence-electron chi connectivity index (χ4n) is 1.13. The van der Waals surface area contributed by atoms with E-state index >= 15 is 0 Å². The summed E-state index contributed by atoms with van der Waals surface area (Å²) < 4.78 is 18.1. The van der Waals surface area contributed by atoms with Gasteiger partial charge in [0.2, 0.25) is 0 Å². The molecule has 0 radical (unpaired) electrons. The lowest BCUT2D eigenvalue weighted by molar-refractivity contribution is 0.219. The number of rotatable bonds is 5. The first-order chi connectivity index (χ1) is 7.22. The maximum absolute atomic E-state index is 12.6. The fourth-order valence-corrected chi connectivity index (χ4v) is 1.13. The van der Waals surface area contributed by atoms with Crippen LogP contribution < -0.4 is 10.1 Å². The fraction of sp³-hybridized carbons (Fsp3) is 0.333. The quantitative estimate of drug-likeness (QED) is 0.587. The van der Waals surface area contributed by atoms with Crippen molar-refractivity contribution in [2.75, 3.05) is 13.1 Å². The Morgan fingerprint density at radius 2 is 2.13 bits per heavy atom. The first-order valence-electron chi connectivity index (χ1n) is 4.79. The molecule has 0 aromatic heterocycles. The van der Waals surface area contributed by atoms with Gasteiger partial charge in [-0.05, 0) is 31.2 Å². The minimum Gasteiger partial charge on any atom is -0.489 e. The molecule has 1 rings (SSSR count). The van der Waals surface area contributed by atoms with Crippen molar-refractivity contribution in [2.45, 2.75) is 13.0 Å². The predicted molar refractivity (Wildman–Crippen MR) is 58.2 cm³/mol. The van der Waals surface area contributed by atoms with Crippen molar-refractivity contribution in [3.8, 4) is 18.1 Å². The third kappa shape index (κ3) is 4.48. The molecule has 1 atom stereocenters. The third-order valence-corrected chi connectivity index (χ3v) is 1.81. The Bertz CT molecular complexity index is 328. The predicted octanol–water partition coefficient (Wildman–Crippen LogP) is 1.82. The highest BCUT2D eigenvalue weighted by Crippen LogP contribution is 2.12. The first-order valence-corrected chi connectivity index (χ1v) is 4.79. The Balaban J connectivity index is 2.34. The van der Waals surface area contributed by atoms with Crippen molar-refractivity contribution >= 4 is 0 Å². The molecule has 0 saturated heterocycles. The summed E-state index contributed by atoms with van der Waals surface area (Å²) in [5.41, 5.74) is 0. The van der Waals surface area contributed by atoms with Crippen LogP contribution in [0.2, 0.25) is 0 Å². The molecule has 0 aliphatic carbocycles. The second-order valence-electron chi connectivity index (χ2n) is 3.22. The van der Waals surface area contributed by atoms with Gasteiger partial charge in [-0.3, -0.25) is 0 Å². The molecule has 0 saturated carbocycles. The van der Waals surface area contributed by atoms with Crippen LogP contribution in [-0.2, 0) is 0 Å². The molecule has 0 heterocycles. The van der Waals surface area contributed by atoms with Gasteiger partial charge in [-0.25, -0.2) is 4.39 Å². The lowest BCUT2D eigenvalue weighted by Crippen LogP contribution is -2.29. The molecule has 80 valence electrons. The number of terminal acetylenes is 1. The van der Waals surface area contributed by atoms with Crippen LogP contribution in [0.4, 0.5) is 4.39 Å². The molecule has 0 amide bonds. The molecule has 0 aliphatic heterocycles.